The van der Waals surface area contributed by atoms with E-state index < -0.39 is 11.5 Å². The molecule has 2 aliphatic rings. The maximum Gasteiger partial charge on any atom is 0.161 e. The van der Waals surface area contributed by atoms with Crippen LogP contribution in [0.3, 0.4) is 0 Å². The molecular weight excluding hydrogens is 402 g/mol. The summed E-state index contributed by atoms with van der Waals surface area (Å²) in [6, 6.07) is 16.4. The number of rotatable bonds is 8. The Morgan fingerprint density at radius 1 is 1.16 bits per heavy atom. The van der Waals surface area contributed by atoms with Crippen LogP contribution in [0.15, 0.2) is 48.5 Å². The minimum absolute atomic E-state index is 0.00180. The van der Waals surface area contributed by atoms with E-state index in [1.165, 1.54) is 25.3 Å². The second kappa shape index (κ2) is 9.63. The molecule has 0 amide bonds. The molecule has 0 radical (unpaired) electrons. The molecule has 0 spiro atoms. The average molecular weight is 438 g/mol. The Labute approximate surface area is 191 Å². The van der Waals surface area contributed by atoms with Crippen molar-refractivity contribution in [3.8, 4) is 11.5 Å². The Balaban J connectivity index is 1.64. The smallest absolute Gasteiger partial charge is 0.161 e. The molecular formula is C27H35NO4. The zero-order valence-electron chi connectivity index (χ0n) is 19.4. The van der Waals surface area contributed by atoms with Crippen LogP contribution in [0.25, 0.3) is 0 Å². The van der Waals surface area contributed by atoms with Crippen molar-refractivity contribution >= 4 is 5.78 Å². The number of ketones is 1. The van der Waals surface area contributed by atoms with Gasteiger partial charge in [-0.2, -0.15) is 0 Å². The molecule has 1 aliphatic carbocycles. The predicted octanol–water partition coefficient (Wildman–Crippen LogP) is 4.57. The van der Waals surface area contributed by atoms with E-state index in [0.29, 0.717) is 6.54 Å². The number of likely N-dealkylation sites (tertiary alicyclic amines) is 1. The minimum atomic E-state index is -1.02. The van der Waals surface area contributed by atoms with Crippen LogP contribution < -0.4 is 9.47 Å². The molecule has 0 bridgehead atoms. The van der Waals surface area contributed by atoms with Crippen LogP contribution in [-0.4, -0.2) is 48.2 Å². The Bertz CT molecular complexity index is 925. The van der Waals surface area contributed by atoms with Crippen molar-refractivity contribution in [3.05, 3.63) is 59.7 Å². The summed E-state index contributed by atoms with van der Waals surface area (Å²) < 4.78 is 11.9. The quantitative estimate of drug-likeness (QED) is 0.655. The third-order valence-electron chi connectivity index (χ3n) is 7.25. The number of hydrogen-bond acceptors (Lipinski definition) is 5. The summed E-state index contributed by atoms with van der Waals surface area (Å²) in [6.07, 6.45) is 3.76. The first-order valence-electron chi connectivity index (χ1n) is 11.7. The molecule has 1 unspecified atom stereocenters. The fraction of sp³-hybridized carbons (Fsp3) is 0.519. The molecule has 5 heteroatoms. The maximum atomic E-state index is 12.3. The number of carbonyl (C=O) groups excluding carboxylic acids is 1. The molecule has 4 rings (SSSR count). The molecule has 2 fully saturated rings. The highest BCUT2D eigenvalue weighted by molar-refractivity contribution is 5.81. The van der Waals surface area contributed by atoms with Crippen LogP contribution in [0.5, 0.6) is 11.5 Å². The van der Waals surface area contributed by atoms with Gasteiger partial charge >= 0.3 is 0 Å². The highest BCUT2D eigenvalue weighted by atomic mass is 16.5. The summed E-state index contributed by atoms with van der Waals surface area (Å²) in [5.41, 5.74) is 1.73. The van der Waals surface area contributed by atoms with Crippen molar-refractivity contribution in [2.75, 3.05) is 20.2 Å². The van der Waals surface area contributed by atoms with Gasteiger partial charge in [-0.3, -0.25) is 9.69 Å². The highest BCUT2D eigenvalue weighted by Crippen LogP contribution is 2.47. The zero-order chi connectivity index (χ0) is 22.7. The van der Waals surface area contributed by atoms with Crippen LogP contribution in [0.1, 0.15) is 56.6 Å². The molecule has 1 heterocycles. The van der Waals surface area contributed by atoms with Gasteiger partial charge in [0.05, 0.1) is 13.2 Å². The standard InChI is InChI=1S/C27H35NO4/c1-19(29)26(30)27(2)18-28(16-20-9-5-4-6-10-20)17-23(27)21-13-14-24(31-3)25(15-21)32-22-11-7-8-12-22/h4-6,9-10,13-15,22-23,26,30H,7-8,11-12,16-18H2,1-3H3/t23-,26?,27+/m0/s1. The van der Waals surface area contributed by atoms with E-state index in [4.69, 9.17) is 9.47 Å². The van der Waals surface area contributed by atoms with Crippen molar-refractivity contribution in [2.45, 2.75) is 64.2 Å². The zero-order valence-corrected chi connectivity index (χ0v) is 19.4. The summed E-state index contributed by atoms with van der Waals surface area (Å²) >= 11 is 0. The monoisotopic (exact) mass is 437 g/mol. The van der Waals surface area contributed by atoms with Gasteiger partial charge in [0.2, 0.25) is 0 Å². The minimum Gasteiger partial charge on any atom is -0.493 e. The molecule has 0 aromatic heterocycles. The number of aliphatic hydroxyl groups is 1. The lowest BCUT2D eigenvalue weighted by atomic mass is 9.71. The van der Waals surface area contributed by atoms with E-state index in [1.807, 2.05) is 31.2 Å². The summed E-state index contributed by atoms with van der Waals surface area (Å²) in [5.74, 6) is 1.31. The Kier molecular flexibility index (Phi) is 6.87. The topological polar surface area (TPSA) is 59.0 Å². The SMILES string of the molecule is COc1ccc([C@@H]2CN(Cc3ccccc3)C[C@@]2(C)C(O)C(C)=O)cc1OC1CCCC1. The second-order valence-electron chi connectivity index (χ2n) is 9.66. The maximum absolute atomic E-state index is 12.3. The van der Waals surface area contributed by atoms with Crippen molar-refractivity contribution in [3.63, 3.8) is 0 Å². The first-order chi connectivity index (χ1) is 15.4. The van der Waals surface area contributed by atoms with Gasteiger partial charge in [0.25, 0.3) is 0 Å². The van der Waals surface area contributed by atoms with E-state index in [1.54, 1.807) is 7.11 Å². The van der Waals surface area contributed by atoms with Crippen LogP contribution >= 0.6 is 0 Å². The number of ether oxygens (including phenoxy) is 2. The van der Waals surface area contributed by atoms with Gasteiger partial charge in [0.1, 0.15) is 6.10 Å². The van der Waals surface area contributed by atoms with E-state index in [9.17, 15) is 9.90 Å². The molecule has 1 aliphatic heterocycles. The molecule has 32 heavy (non-hydrogen) atoms. The molecule has 1 saturated carbocycles. The van der Waals surface area contributed by atoms with E-state index >= 15 is 0 Å². The predicted molar refractivity (Wildman–Crippen MR) is 125 cm³/mol. The molecule has 2 aromatic rings. The summed E-state index contributed by atoms with van der Waals surface area (Å²) in [5, 5.41) is 11.0. The largest absolute Gasteiger partial charge is 0.493 e. The van der Waals surface area contributed by atoms with E-state index in [-0.39, 0.29) is 17.8 Å². The molecule has 2 aromatic carbocycles. The fourth-order valence-electron chi connectivity index (χ4n) is 5.50. The van der Waals surface area contributed by atoms with Crippen LogP contribution in [-0.2, 0) is 11.3 Å². The van der Waals surface area contributed by atoms with Gasteiger partial charge in [0.15, 0.2) is 17.3 Å². The fourth-order valence-corrected chi connectivity index (χ4v) is 5.50. The third kappa shape index (κ3) is 4.69. The second-order valence-corrected chi connectivity index (χ2v) is 9.66. The molecule has 1 saturated heterocycles. The first kappa shape index (κ1) is 22.8. The van der Waals surface area contributed by atoms with Gasteiger partial charge in [0, 0.05) is 31.0 Å². The Hall–Kier alpha value is -2.37. The van der Waals surface area contributed by atoms with E-state index in [2.05, 4.69) is 29.2 Å². The average Bonchev–Trinajstić information content (AvgIpc) is 3.42. The van der Waals surface area contributed by atoms with Crippen LogP contribution in [0.2, 0.25) is 0 Å². The number of aliphatic hydroxyl groups excluding tert-OH is 1. The Morgan fingerprint density at radius 3 is 2.53 bits per heavy atom. The Morgan fingerprint density at radius 2 is 1.88 bits per heavy atom. The normalized spacial score (nSPS) is 25.1. The highest BCUT2D eigenvalue weighted by Gasteiger charge is 2.50. The van der Waals surface area contributed by atoms with Crippen LogP contribution in [0.4, 0.5) is 0 Å². The first-order valence-corrected chi connectivity index (χ1v) is 11.7. The number of methoxy groups -OCH3 is 1. The summed E-state index contributed by atoms with van der Waals surface area (Å²) in [7, 11) is 1.66. The summed E-state index contributed by atoms with van der Waals surface area (Å²) in [6.45, 7) is 5.73. The lowest BCUT2D eigenvalue weighted by Crippen LogP contribution is -2.42. The number of carbonyl (C=O) groups is 1. The van der Waals surface area contributed by atoms with Crippen LogP contribution in [0, 0.1) is 5.41 Å². The van der Waals surface area contributed by atoms with Crippen molar-refractivity contribution < 1.29 is 19.4 Å². The summed E-state index contributed by atoms with van der Waals surface area (Å²) in [4.78, 5) is 14.6. The van der Waals surface area contributed by atoms with Gasteiger partial charge < -0.3 is 14.6 Å². The van der Waals surface area contributed by atoms with Crippen molar-refractivity contribution in [2.24, 2.45) is 5.41 Å². The number of nitrogens with zero attached hydrogens (tertiary/aromatic N) is 1. The van der Waals surface area contributed by atoms with Gasteiger partial charge in [-0.1, -0.05) is 43.3 Å². The third-order valence-corrected chi connectivity index (χ3v) is 7.25. The van der Waals surface area contributed by atoms with E-state index in [0.717, 1.165) is 43.0 Å². The molecule has 172 valence electrons. The number of Topliss-reactive ketones (excluding diaryl/α,β-unsaturated/α-hetero) is 1. The lowest BCUT2D eigenvalue weighted by molar-refractivity contribution is -0.131. The van der Waals surface area contributed by atoms with Gasteiger partial charge in [-0.25, -0.2) is 0 Å². The van der Waals surface area contributed by atoms with Crippen molar-refractivity contribution in [1.82, 2.24) is 4.90 Å². The number of benzene rings is 2. The van der Waals surface area contributed by atoms with Crippen molar-refractivity contribution in [1.29, 1.82) is 0 Å². The number of hydrogen-bond donors (Lipinski definition) is 1. The molecule has 3 atom stereocenters. The van der Waals surface area contributed by atoms with Gasteiger partial charge in [-0.05, 0) is 55.9 Å². The molecule has 1 N–H and O–H groups in total. The molecule has 5 nitrogen and oxygen atoms in total. The lowest BCUT2D eigenvalue weighted by Gasteiger charge is -2.35. The van der Waals surface area contributed by atoms with Gasteiger partial charge in [-0.15, -0.1) is 0 Å².